The second-order valence-corrected chi connectivity index (χ2v) is 8.04. The lowest BCUT2D eigenvalue weighted by atomic mass is 9.95. The molecule has 0 saturated carbocycles. The number of fused-ring (bicyclic) bond motifs is 1. The molecular formula is C22H21NO7S. The fraction of sp³-hybridized carbons (Fsp3) is 0.273. The number of benzene rings is 1. The van der Waals surface area contributed by atoms with Crippen LogP contribution in [0.2, 0.25) is 0 Å². The van der Waals surface area contributed by atoms with Gasteiger partial charge in [0, 0.05) is 24.8 Å². The van der Waals surface area contributed by atoms with Crippen LogP contribution in [0.3, 0.4) is 0 Å². The number of carbonyl (C=O) groups excluding carboxylic acids is 3. The van der Waals surface area contributed by atoms with E-state index >= 15 is 0 Å². The van der Waals surface area contributed by atoms with Crippen molar-refractivity contribution in [2.24, 2.45) is 0 Å². The first-order chi connectivity index (χ1) is 14.7. The Balaban J connectivity index is 1.79. The molecular weight excluding hydrogens is 422 g/mol. The first-order valence-electron chi connectivity index (χ1n) is 9.62. The van der Waals surface area contributed by atoms with Gasteiger partial charge in [0.15, 0.2) is 11.5 Å². The van der Waals surface area contributed by atoms with Gasteiger partial charge < -0.3 is 19.9 Å². The maximum absolute atomic E-state index is 12.4. The lowest BCUT2D eigenvalue weighted by Crippen LogP contribution is -2.11. The van der Waals surface area contributed by atoms with Gasteiger partial charge in [-0.3, -0.25) is 14.4 Å². The Morgan fingerprint density at radius 3 is 2.39 bits per heavy atom. The molecule has 0 radical (unpaired) electrons. The van der Waals surface area contributed by atoms with Crippen LogP contribution >= 0.6 is 11.3 Å². The van der Waals surface area contributed by atoms with E-state index in [1.54, 1.807) is 6.07 Å². The second-order valence-electron chi connectivity index (χ2n) is 6.94. The minimum atomic E-state index is -1.05. The van der Waals surface area contributed by atoms with Crippen molar-refractivity contribution in [1.29, 1.82) is 0 Å². The summed E-state index contributed by atoms with van der Waals surface area (Å²) < 4.78 is 10.1. The smallest absolute Gasteiger partial charge is 0.339 e. The lowest BCUT2D eigenvalue weighted by Gasteiger charge is -2.10. The number of thiophene rings is 1. The first kappa shape index (κ1) is 22.2. The Labute approximate surface area is 182 Å². The van der Waals surface area contributed by atoms with E-state index in [9.17, 15) is 24.3 Å². The van der Waals surface area contributed by atoms with Crippen LogP contribution in [0.25, 0.3) is 6.08 Å². The summed E-state index contributed by atoms with van der Waals surface area (Å²) in [6.07, 6.45) is 6.20. The van der Waals surface area contributed by atoms with Gasteiger partial charge in [0.05, 0.1) is 5.56 Å². The first-order valence-corrected chi connectivity index (χ1v) is 10.4. The van der Waals surface area contributed by atoms with Crippen LogP contribution < -0.4 is 14.8 Å². The van der Waals surface area contributed by atoms with Gasteiger partial charge in [-0.15, -0.1) is 11.3 Å². The molecule has 2 N–H and O–H groups in total. The summed E-state index contributed by atoms with van der Waals surface area (Å²) in [4.78, 5) is 47.6. The van der Waals surface area contributed by atoms with Crippen molar-refractivity contribution in [3.8, 4) is 11.5 Å². The van der Waals surface area contributed by atoms with Crippen molar-refractivity contribution in [1.82, 2.24) is 0 Å². The number of aryl methyl sites for hydroxylation is 1. The number of amides is 1. The molecule has 1 aliphatic rings. The molecule has 0 atom stereocenters. The van der Waals surface area contributed by atoms with Gasteiger partial charge in [-0.2, -0.15) is 0 Å². The van der Waals surface area contributed by atoms with E-state index in [-0.39, 0.29) is 17.1 Å². The number of carboxylic acid groups (broad SMARTS) is 1. The molecule has 8 nitrogen and oxygen atoms in total. The van der Waals surface area contributed by atoms with Gasteiger partial charge in [-0.25, -0.2) is 4.79 Å². The number of anilines is 1. The highest BCUT2D eigenvalue weighted by Crippen LogP contribution is 2.38. The van der Waals surface area contributed by atoms with Gasteiger partial charge in [0.25, 0.3) is 0 Å². The molecule has 162 valence electrons. The van der Waals surface area contributed by atoms with Crippen LogP contribution in [0.5, 0.6) is 11.5 Å². The molecule has 2 aromatic rings. The quantitative estimate of drug-likeness (QED) is 0.396. The van der Waals surface area contributed by atoms with Crippen molar-refractivity contribution in [2.75, 3.05) is 5.32 Å². The SMILES string of the molecule is CC(=O)Oc1ccc(C=CC(=O)Nc2sc3c(c2C(=O)O)CCCC3)cc1OC(C)=O. The number of nitrogens with one attached hydrogen (secondary N) is 1. The number of hydrogen-bond donors (Lipinski definition) is 2. The topological polar surface area (TPSA) is 119 Å². The van der Waals surface area contributed by atoms with E-state index in [4.69, 9.17) is 9.47 Å². The molecule has 1 aliphatic carbocycles. The fourth-order valence-corrected chi connectivity index (χ4v) is 4.59. The number of hydrogen-bond acceptors (Lipinski definition) is 7. The monoisotopic (exact) mass is 443 g/mol. The zero-order valence-electron chi connectivity index (χ0n) is 17.0. The van der Waals surface area contributed by atoms with Crippen molar-refractivity contribution in [2.45, 2.75) is 39.5 Å². The number of rotatable bonds is 6. The van der Waals surface area contributed by atoms with Crippen LogP contribution in [-0.4, -0.2) is 28.9 Å². The largest absolute Gasteiger partial charge is 0.478 e. The summed E-state index contributed by atoms with van der Waals surface area (Å²) in [5.41, 5.74) is 1.51. The normalized spacial score (nSPS) is 12.8. The molecule has 1 heterocycles. The van der Waals surface area contributed by atoms with E-state index in [1.807, 2.05) is 0 Å². The van der Waals surface area contributed by atoms with Crippen molar-refractivity contribution in [3.63, 3.8) is 0 Å². The zero-order chi connectivity index (χ0) is 22.5. The van der Waals surface area contributed by atoms with Gasteiger partial charge >= 0.3 is 17.9 Å². The van der Waals surface area contributed by atoms with Crippen molar-refractivity contribution < 1.29 is 33.8 Å². The standard InChI is InChI=1S/C22H21NO7S/c1-12(24)29-16-9-7-14(11-17(16)30-13(2)25)8-10-19(26)23-21-20(22(27)28)15-5-3-4-6-18(15)31-21/h7-11H,3-6H2,1-2H3,(H,23,26)(H,27,28). The molecule has 1 amide bonds. The molecule has 1 aromatic carbocycles. The van der Waals surface area contributed by atoms with Crippen LogP contribution in [-0.2, 0) is 27.2 Å². The molecule has 0 spiro atoms. The maximum atomic E-state index is 12.4. The maximum Gasteiger partial charge on any atom is 0.339 e. The molecule has 3 rings (SSSR count). The van der Waals surface area contributed by atoms with Gasteiger partial charge in [0.1, 0.15) is 5.00 Å². The fourth-order valence-electron chi connectivity index (χ4n) is 3.31. The third kappa shape index (κ3) is 5.58. The highest BCUT2D eigenvalue weighted by Gasteiger charge is 2.25. The highest BCUT2D eigenvalue weighted by atomic mass is 32.1. The summed E-state index contributed by atoms with van der Waals surface area (Å²) in [6, 6.07) is 4.49. The number of aromatic carboxylic acids is 1. The van der Waals surface area contributed by atoms with Crippen LogP contribution in [0.1, 0.15) is 53.1 Å². The van der Waals surface area contributed by atoms with Crippen LogP contribution in [0.15, 0.2) is 24.3 Å². The Morgan fingerprint density at radius 2 is 1.71 bits per heavy atom. The summed E-state index contributed by atoms with van der Waals surface area (Å²) in [7, 11) is 0. The minimum absolute atomic E-state index is 0.0457. The Kier molecular flexibility index (Phi) is 6.86. The molecule has 0 saturated heterocycles. The summed E-state index contributed by atoms with van der Waals surface area (Å²) in [5.74, 6) is -2.56. The predicted octanol–water partition coefficient (Wildman–Crippen LogP) is 3.83. The molecule has 1 aromatic heterocycles. The molecule has 9 heteroatoms. The highest BCUT2D eigenvalue weighted by molar-refractivity contribution is 7.17. The number of ether oxygens (including phenoxy) is 2. The summed E-state index contributed by atoms with van der Waals surface area (Å²) >= 11 is 1.30. The Hall–Kier alpha value is -3.46. The van der Waals surface area contributed by atoms with Crippen molar-refractivity contribution >= 4 is 46.2 Å². The average molecular weight is 443 g/mol. The third-order valence-electron chi connectivity index (χ3n) is 4.52. The van der Waals surface area contributed by atoms with E-state index in [2.05, 4.69) is 5.32 Å². The summed E-state index contributed by atoms with van der Waals surface area (Å²) in [6.45, 7) is 2.44. The number of carbonyl (C=O) groups is 4. The zero-order valence-corrected chi connectivity index (χ0v) is 17.8. The molecule has 0 unspecified atom stereocenters. The van der Waals surface area contributed by atoms with Crippen LogP contribution in [0.4, 0.5) is 5.00 Å². The van der Waals surface area contributed by atoms with Gasteiger partial charge in [-0.1, -0.05) is 6.07 Å². The van der Waals surface area contributed by atoms with E-state index < -0.39 is 23.8 Å². The number of esters is 2. The Bertz CT molecular complexity index is 1080. The van der Waals surface area contributed by atoms with Gasteiger partial charge in [-0.05, 0) is 55.0 Å². The van der Waals surface area contributed by atoms with E-state index in [0.717, 1.165) is 29.7 Å². The van der Waals surface area contributed by atoms with E-state index in [0.29, 0.717) is 17.0 Å². The van der Waals surface area contributed by atoms with Crippen LogP contribution in [0, 0.1) is 0 Å². The Morgan fingerprint density at radius 1 is 1.03 bits per heavy atom. The predicted molar refractivity (Wildman–Crippen MR) is 115 cm³/mol. The molecule has 0 bridgehead atoms. The lowest BCUT2D eigenvalue weighted by molar-refractivity contribution is -0.134. The molecule has 0 aliphatic heterocycles. The minimum Gasteiger partial charge on any atom is -0.478 e. The second kappa shape index (κ2) is 9.57. The van der Waals surface area contributed by atoms with Gasteiger partial charge in [0.2, 0.25) is 5.91 Å². The van der Waals surface area contributed by atoms with E-state index in [1.165, 1.54) is 49.5 Å². The average Bonchev–Trinajstić information content (AvgIpc) is 3.05. The molecule has 0 fully saturated rings. The third-order valence-corrected chi connectivity index (χ3v) is 5.73. The summed E-state index contributed by atoms with van der Waals surface area (Å²) in [5, 5.41) is 12.6. The number of carboxylic acids is 1. The van der Waals surface area contributed by atoms with Crippen molar-refractivity contribution in [3.05, 3.63) is 45.8 Å². The molecule has 31 heavy (non-hydrogen) atoms.